The molecule has 0 aromatic rings. The first-order valence-electron chi connectivity index (χ1n) is 5.27. The number of allylic oxidation sites excluding steroid dienone is 1. The van der Waals surface area contributed by atoms with Crippen LogP contribution in [0.4, 0.5) is 0 Å². The topological polar surface area (TPSA) is 0 Å². The molecule has 0 aromatic carbocycles. The first kappa shape index (κ1) is 22.5. The third-order valence-electron chi connectivity index (χ3n) is 1.01. The fraction of sp³-hybridized carbons (Fsp3) is 0.800. The molecule has 0 fully saturated rings. The predicted octanol–water partition coefficient (Wildman–Crippen LogP) is 5.68. The van der Waals surface area contributed by atoms with Gasteiger partial charge in [-0.25, -0.2) is 0 Å². The average molecular weight is 342 g/mol. The van der Waals surface area contributed by atoms with Crippen LogP contribution in [0.2, 0.25) is 32.2 Å². The van der Waals surface area contributed by atoms with E-state index in [1.54, 1.807) is 6.08 Å². The second kappa shape index (κ2) is 16.3. The Labute approximate surface area is 123 Å². The van der Waals surface area contributed by atoms with Crippen molar-refractivity contribution in [2.45, 2.75) is 38.7 Å². The van der Waals surface area contributed by atoms with E-state index in [9.17, 15) is 0 Å². The zero-order valence-corrected chi connectivity index (χ0v) is 15.9. The van der Waals surface area contributed by atoms with Crippen LogP contribution >= 0.6 is 45.4 Å². The standard InChI is InChI=1S/C5H12Cl2Si.C3H5Cl.C2H7ClSi/c1-8(2,7)5-3-4-6;1-2-3-4;1-4(2)3/h3-5H2,1-2H3;2H,1,3H2;4H,1-2H3. The Balaban J connectivity index is -0.000000179. The molecule has 0 spiro atoms. The van der Waals surface area contributed by atoms with Gasteiger partial charge < -0.3 is 0 Å². The number of hydrogen-bond acceptors (Lipinski definition) is 0. The molecule has 0 saturated carbocycles. The molecule has 0 saturated heterocycles. The van der Waals surface area contributed by atoms with E-state index in [2.05, 4.69) is 32.8 Å². The Morgan fingerprint density at radius 2 is 1.56 bits per heavy atom. The second-order valence-corrected chi connectivity index (χ2v) is 16.3. The van der Waals surface area contributed by atoms with Gasteiger partial charge in [-0.05, 0) is 12.5 Å². The van der Waals surface area contributed by atoms with E-state index < -0.39 is 15.5 Å². The van der Waals surface area contributed by atoms with E-state index in [1.807, 2.05) is 0 Å². The maximum atomic E-state index is 5.99. The number of rotatable bonds is 4. The van der Waals surface area contributed by atoms with Crippen LogP contribution in [0.15, 0.2) is 12.7 Å². The minimum Gasteiger partial charge on any atom is -0.172 e. The average Bonchev–Trinajstić information content (AvgIpc) is 2.13. The molecule has 0 rings (SSSR count). The van der Waals surface area contributed by atoms with Crippen LogP contribution in [0, 0.1) is 0 Å². The van der Waals surface area contributed by atoms with Gasteiger partial charge in [-0.1, -0.05) is 32.3 Å². The normalized spacial score (nSPS) is 9.81. The van der Waals surface area contributed by atoms with Crippen LogP contribution in [0.1, 0.15) is 6.42 Å². The van der Waals surface area contributed by atoms with Crippen molar-refractivity contribution in [3.05, 3.63) is 12.7 Å². The third-order valence-corrected chi connectivity index (χ3v) is 3.61. The lowest BCUT2D eigenvalue weighted by Gasteiger charge is -2.09. The molecule has 0 radical (unpaired) electrons. The summed E-state index contributed by atoms with van der Waals surface area (Å²) in [5.74, 6) is 1.31. The first-order valence-corrected chi connectivity index (χ1v) is 14.6. The van der Waals surface area contributed by atoms with Gasteiger partial charge in [-0.3, -0.25) is 0 Å². The van der Waals surface area contributed by atoms with Crippen LogP contribution in [-0.4, -0.2) is 27.3 Å². The second-order valence-electron chi connectivity index (χ2n) is 3.97. The van der Waals surface area contributed by atoms with E-state index in [-0.39, 0.29) is 0 Å². The van der Waals surface area contributed by atoms with Crippen molar-refractivity contribution >= 4 is 60.9 Å². The Hall–Kier alpha value is 1.33. The van der Waals surface area contributed by atoms with Gasteiger partial charge in [0.05, 0.1) is 0 Å². The number of halogens is 4. The van der Waals surface area contributed by atoms with Crippen molar-refractivity contribution in [3.63, 3.8) is 0 Å². The zero-order valence-electron chi connectivity index (χ0n) is 10.7. The summed E-state index contributed by atoms with van der Waals surface area (Å²) in [6.07, 6.45) is 2.71. The lowest BCUT2D eigenvalue weighted by atomic mass is 10.6. The SMILES string of the molecule is C=CCCl.C[SiH](C)Cl.C[Si](C)(Cl)CCCCl. The molecule has 0 nitrogen and oxygen atoms in total. The van der Waals surface area contributed by atoms with Gasteiger partial charge in [0, 0.05) is 11.8 Å². The summed E-state index contributed by atoms with van der Waals surface area (Å²) in [6.45, 7) is 11.8. The molecule has 0 unspecified atom stereocenters. The Kier molecular flexibility index (Phi) is 23.0. The van der Waals surface area contributed by atoms with Crippen molar-refractivity contribution < 1.29 is 0 Å². The van der Waals surface area contributed by atoms with Gasteiger partial charge in [-0.15, -0.1) is 29.8 Å². The largest absolute Gasteiger partial charge is 0.172 e. The molecule has 0 aliphatic rings. The summed E-state index contributed by atoms with van der Waals surface area (Å²) in [6, 6.07) is 1.14. The Bertz CT molecular complexity index is 133. The molecule has 0 aliphatic carbocycles. The van der Waals surface area contributed by atoms with Crippen LogP contribution in [0.5, 0.6) is 0 Å². The smallest absolute Gasteiger partial charge is 0.150 e. The molecule has 0 atom stereocenters. The molecule has 16 heavy (non-hydrogen) atoms. The van der Waals surface area contributed by atoms with E-state index in [4.69, 9.17) is 45.4 Å². The lowest BCUT2D eigenvalue weighted by molar-refractivity contribution is 1.07. The van der Waals surface area contributed by atoms with Crippen LogP contribution in [0.3, 0.4) is 0 Å². The van der Waals surface area contributed by atoms with E-state index in [1.165, 1.54) is 0 Å². The van der Waals surface area contributed by atoms with Gasteiger partial charge >= 0.3 is 0 Å². The summed E-state index contributed by atoms with van der Waals surface area (Å²) < 4.78 is 0. The molecule has 0 N–H and O–H groups in total. The van der Waals surface area contributed by atoms with Gasteiger partial charge in [0.15, 0.2) is 7.38 Å². The van der Waals surface area contributed by atoms with Crippen LogP contribution in [0.25, 0.3) is 0 Å². The van der Waals surface area contributed by atoms with Crippen molar-refractivity contribution in [1.29, 1.82) is 0 Å². The zero-order chi connectivity index (χ0) is 13.6. The molecule has 0 bridgehead atoms. The Morgan fingerprint density at radius 3 is 1.62 bits per heavy atom. The van der Waals surface area contributed by atoms with Crippen molar-refractivity contribution in [2.24, 2.45) is 0 Å². The molecular formula is C10H24Cl4Si2. The highest BCUT2D eigenvalue weighted by atomic mass is 35.6. The van der Waals surface area contributed by atoms with Gasteiger partial charge in [0.1, 0.15) is 8.11 Å². The van der Waals surface area contributed by atoms with Gasteiger partial charge in [0.2, 0.25) is 0 Å². The number of hydrogen-bond donors (Lipinski definition) is 0. The molecule has 0 heterocycles. The summed E-state index contributed by atoms with van der Waals surface area (Å²) >= 11 is 21.9. The molecule has 100 valence electrons. The van der Waals surface area contributed by atoms with E-state index in [0.29, 0.717) is 5.88 Å². The van der Waals surface area contributed by atoms with Crippen LogP contribution in [-0.2, 0) is 0 Å². The fourth-order valence-corrected chi connectivity index (χ4v) is 2.26. The van der Waals surface area contributed by atoms with E-state index in [0.717, 1.165) is 18.3 Å². The summed E-state index contributed by atoms with van der Waals surface area (Å²) in [7, 11) is -1.96. The summed E-state index contributed by atoms with van der Waals surface area (Å²) in [5.41, 5.74) is 0. The van der Waals surface area contributed by atoms with E-state index >= 15 is 0 Å². The van der Waals surface area contributed by atoms with Crippen molar-refractivity contribution in [1.82, 2.24) is 0 Å². The predicted molar refractivity (Wildman–Crippen MR) is 89.1 cm³/mol. The first-order chi connectivity index (χ1) is 7.21. The molecule has 6 heteroatoms. The number of alkyl halides is 2. The lowest BCUT2D eigenvalue weighted by Crippen LogP contribution is -2.15. The summed E-state index contributed by atoms with van der Waals surface area (Å²) in [5, 5.41) is 0. The Morgan fingerprint density at radius 1 is 1.25 bits per heavy atom. The highest BCUT2D eigenvalue weighted by Gasteiger charge is 2.14. The molecule has 0 aromatic heterocycles. The molecule has 0 amide bonds. The van der Waals surface area contributed by atoms with Crippen molar-refractivity contribution in [3.8, 4) is 0 Å². The summed E-state index contributed by atoms with van der Waals surface area (Å²) in [4.78, 5) is 0. The minimum atomic E-state index is -1.29. The maximum Gasteiger partial charge on any atom is 0.150 e. The highest BCUT2D eigenvalue weighted by molar-refractivity contribution is 7.19. The quantitative estimate of drug-likeness (QED) is 0.267. The van der Waals surface area contributed by atoms with Gasteiger partial charge in [-0.2, -0.15) is 22.2 Å². The third kappa shape index (κ3) is 58.6. The monoisotopic (exact) mass is 340 g/mol. The highest BCUT2D eigenvalue weighted by Crippen LogP contribution is 2.16. The minimum absolute atomic E-state index is 0.556. The molecular weight excluding hydrogens is 318 g/mol. The molecule has 0 aliphatic heterocycles. The maximum absolute atomic E-state index is 5.99. The van der Waals surface area contributed by atoms with Gasteiger partial charge in [0.25, 0.3) is 0 Å². The fourth-order valence-electron chi connectivity index (χ4n) is 0.487. The van der Waals surface area contributed by atoms with Crippen molar-refractivity contribution in [2.75, 3.05) is 11.8 Å². The van der Waals surface area contributed by atoms with Crippen LogP contribution < -0.4 is 0 Å².